The predicted molar refractivity (Wildman–Crippen MR) is 95.7 cm³/mol. The molecule has 122 valence electrons. The van der Waals surface area contributed by atoms with Crippen LogP contribution in [0, 0.1) is 0 Å². The first-order valence-electron chi connectivity index (χ1n) is 7.46. The normalized spacial score (nSPS) is 11.8. The van der Waals surface area contributed by atoms with Crippen LogP contribution < -0.4 is 10.1 Å². The maximum absolute atomic E-state index is 11.9. The fourth-order valence-electron chi connectivity index (χ4n) is 2.10. The van der Waals surface area contributed by atoms with Crippen molar-refractivity contribution in [1.82, 2.24) is 0 Å². The molecule has 2 aromatic rings. The van der Waals surface area contributed by atoms with E-state index in [1.165, 1.54) is 5.56 Å². The van der Waals surface area contributed by atoms with E-state index in [0.717, 1.165) is 6.42 Å². The number of halogens is 2. The van der Waals surface area contributed by atoms with Crippen molar-refractivity contribution in [1.29, 1.82) is 0 Å². The van der Waals surface area contributed by atoms with Gasteiger partial charge in [0.2, 0.25) is 0 Å². The van der Waals surface area contributed by atoms with E-state index in [9.17, 15) is 4.79 Å². The fraction of sp³-hybridized carbons (Fsp3) is 0.278. The highest BCUT2D eigenvalue weighted by Gasteiger charge is 2.07. The van der Waals surface area contributed by atoms with Gasteiger partial charge in [0, 0.05) is 15.7 Å². The molecule has 0 saturated heterocycles. The Morgan fingerprint density at radius 1 is 1.13 bits per heavy atom. The molecule has 0 radical (unpaired) electrons. The molecular weight excluding hydrogens is 333 g/mol. The molecule has 1 amide bonds. The molecular formula is C18H19Cl2NO2. The van der Waals surface area contributed by atoms with E-state index in [0.29, 0.717) is 27.4 Å². The van der Waals surface area contributed by atoms with Crippen molar-refractivity contribution in [2.24, 2.45) is 0 Å². The van der Waals surface area contributed by atoms with Crippen LogP contribution >= 0.6 is 23.2 Å². The molecule has 2 aromatic carbocycles. The molecule has 0 aliphatic heterocycles. The number of hydrogen-bond acceptors (Lipinski definition) is 2. The standard InChI is InChI=1S/C18H19Cl2NO2/c1-3-12(2)13-4-6-17(7-5-13)23-11-18(22)21-16-9-14(19)8-15(20)10-16/h4-10,12H,3,11H2,1-2H3,(H,21,22)/t12-/m0/s1. The van der Waals surface area contributed by atoms with Crippen LogP contribution in [0.25, 0.3) is 0 Å². The van der Waals surface area contributed by atoms with Gasteiger partial charge in [0.25, 0.3) is 5.91 Å². The van der Waals surface area contributed by atoms with Gasteiger partial charge in [0.15, 0.2) is 6.61 Å². The SMILES string of the molecule is CC[C@H](C)c1ccc(OCC(=O)Nc2cc(Cl)cc(Cl)c2)cc1. The van der Waals surface area contributed by atoms with Gasteiger partial charge < -0.3 is 10.1 Å². The number of anilines is 1. The van der Waals surface area contributed by atoms with Crippen molar-refractivity contribution in [3.63, 3.8) is 0 Å². The van der Waals surface area contributed by atoms with Gasteiger partial charge in [0.05, 0.1) is 0 Å². The first kappa shape index (κ1) is 17.6. The van der Waals surface area contributed by atoms with Crippen LogP contribution in [0.1, 0.15) is 31.7 Å². The fourth-order valence-corrected chi connectivity index (χ4v) is 2.63. The Morgan fingerprint density at radius 3 is 2.30 bits per heavy atom. The smallest absolute Gasteiger partial charge is 0.262 e. The molecule has 0 aliphatic rings. The summed E-state index contributed by atoms with van der Waals surface area (Å²) in [5.74, 6) is 0.908. The highest BCUT2D eigenvalue weighted by Crippen LogP contribution is 2.23. The summed E-state index contributed by atoms with van der Waals surface area (Å²) in [5, 5.41) is 3.63. The topological polar surface area (TPSA) is 38.3 Å². The lowest BCUT2D eigenvalue weighted by molar-refractivity contribution is -0.118. The zero-order chi connectivity index (χ0) is 16.8. The Balaban J connectivity index is 1.89. The molecule has 0 unspecified atom stereocenters. The molecule has 0 aliphatic carbocycles. The Hall–Kier alpha value is -1.71. The van der Waals surface area contributed by atoms with E-state index < -0.39 is 0 Å². The number of carbonyl (C=O) groups is 1. The van der Waals surface area contributed by atoms with Crippen LogP contribution in [0.15, 0.2) is 42.5 Å². The van der Waals surface area contributed by atoms with Crippen molar-refractivity contribution >= 4 is 34.8 Å². The molecule has 3 nitrogen and oxygen atoms in total. The average molecular weight is 352 g/mol. The molecule has 0 bridgehead atoms. The van der Waals surface area contributed by atoms with Crippen molar-refractivity contribution in [2.45, 2.75) is 26.2 Å². The zero-order valence-electron chi connectivity index (χ0n) is 13.1. The Morgan fingerprint density at radius 2 is 1.74 bits per heavy atom. The summed E-state index contributed by atoms with van der Waals surface area (Å²) < 4.78 is 5.49. The molecule has 0 heterocycles. The number of rotatable bonds is 6. The summed E-state index contributed by atoms with van der Waals surface area (Å²) in [6.45, 7) is 4.26. The molecule has 0 aromatic heterocycles. The van der Waals surface area contributed by atoms with E-state index in [1.807, 2.05) is 24.3 Å². The Kier molecular flexibility index (Phi) is 6.31. The number of benzene rings is 2. The van der Waals surface area contributed by atoms with Gasteiger partial charge in [-0.25, -0.2) is 0 Å². The maximum atomic E-state index is 11.9. The second kappa shape index (κ2) is 8.23. The van der Waals surface area contributed by atoms with Crippen molar-refractivity contribution in [2.75, 3.05) is 11.9 Å². The molecule has 5 heteroatoms. The molecule has 0 spiro atoms. The van der Waals surface area contributed by atoms with E-state index in [4.69, 9.17) is 27.9 Å². The molecule has 2 rings (SSSR count). The number of amides is 1. The van der Waals surface area contributed by atoms with Crippen molar-refractivity contribution in [3.05, 3.63) is 58.1 Å². The maximum Gasteiger partial charge on any atom is 0.262 e. The summed E-state index contributed by atoms with van der Waals surface area (Å²) >= 11 is 11.8. The molecule has 0 fully saturated rings. The van der Waals surface area contributed by atoms with Crippen molar-refractivity contribution in [3.8, 4) is 5.75 Å². The minimum absolute atomic E-state index is 0.0766. The van der Waals surface area contributed by atoms with Crippen LogP contribution in [0.3, 0.4) is 0 Å². The second-order valence-corrected chi connectivity index (χ2v) is 6.25. The third-order valence-electron chi connectivity index (χ3n) is 3.58. The van der Waals surface area contributed by atoms with Gasteiger partial charge in [-0.2, -0.15) is 0 Å². The number of nitrogens with one attached hydrogen (secondary N) is 1. The van der Waals surface area contributed by atoms with Gasteiger partial charge in [-0.1, -0.05) is 49.2 Å². The lowest BCUT2D eigenvalue weighted by Gasteiger charge is -2.11. The van der Waals surface area contributed by atoms with E-state index in [1.54, 1.807) is 18.2 Å². The monoisotopic (exact) mass is 351 g/mol. The minimum atomic E-state index is -0.269. The van der Waals surface area contributed by atoms with E-state index in [2.05, 4.69) is 19.2 Å². The van der Waals surface area contributed by atoms with Crippen LogP contribution in [0.4, 0.5) is 5.69 Å². The first-order chi connectivity index (χ1) is 11.0. The van der Waals surface area contributed by atoms with Crippen molar-refractivity contribution < 1.29 is 9.53 Å². The van der Waals surface area contributed by atoms with Gasteiger partial charge in [-0.05, 0) is 48.2 Å². The predicted octanol–water partition coefficient (Wildman–Crippen LogP) is 5.52. The number of ether oxygens (including phenoxy) is 1. The van der Waals surface area contributed by atoms with Crippen LogP contribution in [-0.2, 0) is 4.79 Å². The minimum Gasteiger partial charge on any atom is -0.484 e. The van der Waals surface area contributed by atoms with Crippen LogP contribution in [-0.4, -0.2) is 12.5 Å². The summed E-state index contributed by atoms with van der Waals surface area (Å²) in [5.41, 5.74) is 1.81. The van der Waals surface area contributed by atoms with E-state index in [-0.39, 0.29) is 12.5 Å². The summed E-state index contributed by atoms with van der Waals surface area (Å²) in [6.07, 6.45) is 1.09. The highest BCUT2D eigenvalue weighted by atomic mass is 35.5. The lowest BCUT2D eigenvalue weighted by Crippen LogP contribution is -2.20. The van der Waals surface area contributed by atoms with Crippen LogP contribution in [0.2, 0.25) is 10.0 Å². The van der Waals surface area contributed by atoms with E-state index >= 15 is 0 Å². The summed E-state index contributed by atoms with van der Waals surface area (Å²) in [6, 6.07) is 12.7. The Bertz CT molecular complexity index is 651. The van der Waals surface area contributed by atoms with Gasteiger partial charge in [-0.3, -0.25) is 4.79 Å². The third kappa shape index (κ3) is 5.45. The Labute approximate surface area is 146 Å². The molecule has 23 heavy (non-hydrogen) atoms. The summed E-state index contributed by atoms with van der Waals surface area (Å²) in [7, 11) is 0. The lowest BCUT2D eigenvalue weighted by atomic mass is 9.99. The highest BCUT2D eigenvalue weighted by molar-refractivity contribution is 6.35. The molecule has 0 saturated carbocycles. The van der Waals surface area contributed by atoms with Gasteiger partial charge in [0.1, 0.15) is 5.75 Å². The largest absolute Gasteiger partial charge is 0.484 e. The van der Waals surface area contributed by atoms with Gasteiger partial charge in [-0.15, -0.1) is 0 Å². The summed E-state index contributed by atoms with van der Waals surface area (Å²) in [4.78, 5) is 11.9. The first-order valence-corrected chi connectivity index (χ1v) is 8.22. The number of carbonyl (C=O) groups excluding carboxylic acids is 1. The van der Waals surface area contributed by atoms with Gasteiger partial charge >= 0.3 is 0 Å². The molecule has 1 atom stereocenters. The number of hydrogen-bond donors (Lipinski definition) is 1. The second-order valence-electron chi connectivity index (χ2n) is 5.37. The molecule has 1 N–H and O–H groups in total. The zero-order valence-corrected chi connectivity index (χ0v) is 14.6. The third-order valence-corrected chi connectivity index (χ3v) is 4.01. The van der Waals surface area contributed by atoms with Crippen LogP contribution in [0.5, 0.6) is 5.75 Å². The average Bonchev–Trinajstić information content (AvgIpc) is 2.51. The quantitative estimate of drug-likeness (QED) is 0.743.